The summed E-state index contributed by atoms with van der Waals surface area (Å²) in [7, 11) is -3.62. The fourth-order valence-corrected chi connectivity index (χ4v) is 3.50. The highest BCUT2D eigenvalue weighted by molar-refractivity contribution is 7.92. The van der Waals surface area contributed by atoms with Crippen molar-refractivity contribution in [2.75, 3.05) is 0 Å². The lowest BCUT2D eigenvalue weighted by molar-refractivity contribution is -0.384. The van der Waals surface area contributed by atoms with Gasteiger partial charge in [-0.15, -0.1) is 0 Å². The molecule has 0 heterocycles. The predicted molar refractivity (Wildman–Crippen MR) is 85.5 cm³/mol. The monoisotopic (exact) mass is 319 g/mol. The van der Waals surface area contributed by atoms with Crippen LogP contribution in [0.4, 0.5) is 5.69 Å². The molecule has 0 radical (unpaired) electrons. The van der Waals surface area contributed by atoms with Crippen molar-refractivity contribution in [3.8, 4) is 11.1 Å². The zero-order valence-electron chi connectivity index (χ0n) is 12.6. The van der Waals surface area contributed by atoms with E-state index in [9.17, 15) is 18.5 Å². The molecule has 2 aromatic carbocycles. The third-order valence-electron chi connectivity index (χ3n) is 3.37. The van der Waals surface area contributed by atoms with Crippen LogP contribution in [0.1, 0.15) is 20.8 Å². The first-order valence-corrected chi connectivity index (χ1v) is 8.22. The molecule has 6 heteroatoms. The third kappa shape index (κ3) is 2.74. The summed E-state index contributed by atoms with van der Waals surface area (Å²) in [6.45, 7) is 4.83. The first kappa shape index (κ1) is 16.2. The van der Waals surface area contributed by atoms with Crippen molar-refractivity contribution in [2.24, 2.45) is 0 Å². The number of hydrogen-bond acceptors (Lipinski definition) is 4. The van der Waals surface area contributed by atoms with E-state index in [0.29, 0.717) is 11.1 Å². The number of sulfone groups is 1. The van der Waals surface area contributed by atoms with Crippen molar-refractivity contribution >= 4 is 15.5 Å². The van der Waals surface area contributed by atoms with Crippen molar-refractivity contribution in [3.63, 3.8) is 0 Å². The van der Waals surface area contributed by atoms with Crippen LogP contribution in [0.25, 0.3) is 11.1 Å². The van der Waals surface area contributed by atoms with E-state index in [1.807, 2.05) is 0 Å². The van der Waals surface area contributed by atoms with Gasteiger partial charge in [-0.3, -0.25) is 10.1 Å². The van der Waals surface area contributed by atoms with Gasteiger partial charge in [0.15, 0.2) is 9.84 Å². The highest BCUT2D eigenvalue weighted by Crippen LogP contribution is 2.37. The second-order valence-electron chi connectivity index (χ2n) is 5.89. The number of nitro benzene ring substituents is 1. The Hall–Kier alpha value is -2.21. The molecule has 0 aromatic heterocycles. The van der Waals surface area contributed by atoms with Gasteiger partial charge < -0.3 is 0 Å². The molecule has 0 fully saturated rings. The fourth-order valence-electron chi connectivity index (χ4n) is 2.11. The molecule has 0 N–H and O–H groups in total. The van der Waals surface area contributed by atoms with E-state index in [2.05, 4.69) is 0 Å². The van der Waals surface area contributed by atoms with Crippen LogP contribution in [-0.2, 0) is 9.84 Å². The Morgan fingerprint density at radius 1 is 0.909 bits per heavy atom. The zero-order chi connectivity index (χ0) is 16.5. The Kier molecular flexibility index (Phi) is 4.06. The van der Waals surface area contributed by atoms with Crippen molar-refractivity contribution in [1.29, 1.82) is 0 Å². The first-order valence-electron chi connectivity index (χ1n) is 6.74. The van der Waals surface area contributed by atoms with E-state index in [1.165, 1.54) is 12.1 Å². The smallest absolute Gasteiger partial charge is 0.258 e. The van der Waals surface area contributed by atoms with Gasteiger partial charge in [0.1, 0.15) is 0 Å². The van der Waals surface area contributed by atoms with Crippen LogP contribution in [0.15, 0.2) is 53.4 Å². The van der Waals surface area contributed by atoms with Crippen molar-refractivity contribution in [2.45, 2.75) is 30.4 Å². The molecular weight excluding hydrogens is 302 g/mol. The van der Waals surface area contributed by atoms with Gasteiger partial charge in [-0.25, -0.2) is 8.42 Å². The van der Waals surface area contributed by atoms with E-state index in [0.717, 1.165) is 0 Å². The van der Waals surface area contributed by atoms with E-state index < -0.39 is 19.5 Å². The molecule has 0 unspecified atom stereocenters. The van der Waals surface area contributed by atoms with E-state index in [4.69, 9.17) is 0 Å². The van der Waals surface area contributed by atoms with Crippen LogP contribution in [0.3, 0.4) is 0 Å². The Labute approximate surface area is 129 Å². The quantitative estimate of drug-likeness (QED) is 0.636. The summed E-state index contributed by atoms with van der Waals surface area (Å²) in [5.41, 5.74) is 0.541. The molecule has 0 saturated heterocycles. The Morgan fingerprint density at radius 2 is 1.41 bits per heavy atom. The highest BCUT2D eigenvalue weighted by atomic mass is 32.2. The molecule has 0 aliphatic rings. The fraction of sp³-hybridized carbons (Fsp3) is 0.250. The summed E-state index contributed by atoms with van der Waals surface area (Å²) >= 11 is 0. The number of nitro groups is 1. The van der Waals surface area contributed by atoms with Gasteiger partial charge in [0.2, 0.25) is 0 Å². The first-order chi connectivity index (χ1) is 10.2. The Balaban J connectivity index is 2.79. The molecule has 22 heavy (non-hydrogen) atoms. The average molecular weight is 319 g/mol. The summed E-state index contributed by atoms with van der Waals surface area (Å²) < 4.78 is 24.5. The molecule has 116 valence electrons. The average Bonchev–Trinajstić information content (AvgIpc) is 2.46. The Morgan fingerprint density at radius 3 is 1.95 bits per heavy atom. The number of benzene rings is 2. The summed E-state index contributed by atoms with van der Waals surface area (Å²) in [4.78, 5) is 10.8. The summed E-state index contributed by atoms with van der Waals surface area (Å²) in [5, 5.41) is 11.2. The minimum atomic E-state index is -3.62. The van der Waals surface area contributed by atoms with Crippen LogP contribution in [0, 0.1) is 10.1 Å². The van der Waals surface area contributed by atoms with Crippen LogP contribution in [0.2, 0.25) is 0 Å². The maximum Gasteiger partial charge on any atom is 0.277 e. The lowest BCUT2D eigenvalue weighted by Gasteiger charge is -2.21. The molecule has 0 bridgehead atoms. The van der Waals surface area contributed by atoms with Crippen LogP contribution in [-0.4, -0.2) is 18.1 Å². The second kappa shape index (κ2) is 5.53. The van der Waals surface area contributed by atoms with Gasteiger partial charge in [0.05, 0.1) is 20.1 Å². The molecule has 0 saturated carbocycles. The number of nitrogens with zero attached hydrogens (tertiary/aromatic N) is 1. The third-order valence-corrected chi connectivity index (χ3v) is 5.92. The Bertz CT molecular complexity index is 820. The molecule has 0 amide bonds. The zero-order valence-corrected chi connectivity index (χ0v) is 13.4. The van der Waals surface area contributed by atoms with Gasteiger partial charge in [-0.2, -0.15) is 0 Å². The summed E-state index contributed by atoms with van der Waals surface area (Å²) in [6, 6.07) is 12.5. The summed E-state index contributed by atoms with van der Waals surface area (Å²) in [5.74, 6) is 0. The molecule has 2 rings (SSSR count). The number of hydrogen-bond donors (Lipinski definition) is 0. The van der Waals surface area contributed by atoms with E-state index in [-0.39, 0.29) is 10.6 Å². The van der Waals surface area contributed by atoms with E-state index in [1.54, 1.807) is 57.2 Å². The van der Waals surface area contributed by atoms with Gasteiger partial charge in [-0.05, 0) is 32.9 Å². The molecule has 0 spiro atoms. The lowest BCUT2D eigenvalue weighted by atomic mass is 10.0. The minimum Gasteiger partial charge on any atom is -0.258 e. The van der Waals surface area contributed by atoms with Crippen LogP contribution in [0.5, 0.6) is 0 Å². The molecule has 0 aliphatic heterocycles. The second-order valence-corrected chi connectivity index (χ2v) is 8.56. The maximum absolute atomic E-state index is 12.8. The number of rotatable bonds is 3. The van der Waals surface area contributed by atoms with Gasteiger partial charge in [0, 0.05) is 11.6 Å². The maximum atomic E-state index is 12.8. The molecule has 0 atom stereocenters. The summed E-state index contributed by atoms with van der Waals surface area (Å²) in [6.07, 6.45) is 0. The van der Waals surface area contributed by atoms with Crippen LogP contribution < -0.4 is 0 Å². The molecule has 5 nitrogen and oxygen atoms in total. The molecule has 2 aromatic rings. The normalized spacial score (nSPS) is 12.1. The van der Waals surface area contributed by atoms with Crippen molar-refractivity contribution in [3.05, 3.63) is 58.6 Å². The van der Waals surface area contributed by atoms with Crippen molar-refractivity contribution < 1.29 is 13.3 Å². The molecular formula is C16H17NO4S. The minimum absolute atomic E-state index is 0.108. The predicted octanol–water partition coefficient (Wildman–Crippen LogP) is 3.83. The van der Waals surface area contributed by atoms with E-state index >= 15 is 0 Å². The SMILES string of the molecule is CC(C)(C)S(=O)(=O)c1ccccc1-c1ccccc1[N+](=O)[O-]. The van der Waals surface area contributed by atoms with Crippen molar-refractivity contribution in [1.82, 2.24) is 0 Å². The lowest BCUT2D eigenvalue weighted by Crippen LogP contribution is -2.28. The van der Waals surface area contributed by atoms with Gasteiger partial charge in [-0.1, -0.05) is 30.3 Å². The topological polar surface area (TPSA) is 77.3 Å². The van der Waals surface area contributed by atoms with Gasteiger partial charge >= 0.3 is 0 Å². The molecule has 0 aliphatic carbocycles. The highest BCUT2D eigenvalue weighted by Gasteiger charge is 2.33. The standard InChI is InChI=1S/C16H17NO4S/c1-16(2,3)22(20,21)15-11-7-5-9-13(15)12-8-4-6-10-14(12)17(18)19/h4-11H,1-3H3. The largest absolute Gasteiger partial charge is 0.277 e. The number of para-hydroxylation sites is 1. The van der Waals surface area contributed by atoms with Crippen LogP contribution >= 0.6 is 0 Å². The van der Waals surface area contributed by atoms with Gasteiger partial charge in [0.25, 0.3) is 5.69 Å².